The van der Waals surface area contributed by atoms with Crippen LogP contribution in [0.5, 0.6) is 0 Å². The second kappa shape index (κ2) is 6.35. The van der Waals surface area contributed by atoms with Gasteiger partial charge in [-0.3, -0.25) is 9.79 Å². The van der Waals surface area contributed by atoms with Crippen LogP contribution >= 0.6 is 0 Å². The summed E-state index contributed by atoms with van der Waals surface area (Å²) >= 11 is 0. The SMILES string of the molecule is CN=C(NCC(C)C(=O)OC)N1CCCC1. The molecular weight excluding hydrogens is 206 g/mol. The van der Waals surface area contributed by atoms with E-state index in [0.717, 1.165) is 19.0 Å². The van der Waals surface area contributed by atoms with Crippen molar-refractivity contribution in [3.8, 4) is 0 Å². The van der Waals surface area contributed by atoms with E-state index in [0.29, 0.717) is 6.54 Å². The summed E-state index contributed by atoms with van der Waals surface area (Å²) in [5.74, 6) is 0.544. The highest BCUT2D eigenvalue weighted by Gasteiger charge is 2.18. The summed E-state index contributed by atoms with van der Waals surface area (Å²) in [4.78, 5) is 17.6. The molecule has 1 saturated heterocycles. The lowest BCUT2D eigenvalue weighted by Crippen LogP contribution is -2.42. The average molecular weight is 227 g/mol. The Bertz CT molecular complexity index is 260. The topological polar surface area (TPSA) is 53.9 Å². The Morgan fingerprint density at radius 3 is 2.62 bits per heavy atom. The van der Waals surface area contributed by atoms with E-state index < -0.39 is 0 Å². The van der Waals surface area contributed by atoms with Crippen LogP contribution in [0.25, 0.3) is 0 Å². The number of methoxy groups -OCH3 is 1. The molecule has 16 heavy (non-hydrogen) atoms. The van der Waals surface area contributed by atoms with Crippen LogP contribution in [0.15, 0.2) is 4.99 Å². The van der Waals surface area contributed by atoms with E-state index >= 15 is 0 Å². The minimum Gasteiger partial charge on any atom is -0.469 e. The second-order valence-corrected chi connectivity index (χ2v) is 4.05. The van der Waals surface area contributed by atoms with E-state index in [4.69, 9.17) is 0 Å². The fraction of sp³-hybridized carbons (Fsp3) is 0.818. The number of esters is 1. The predicted molar refractivity (Wildman–Crippen MR) is 63.3 cm³/mol. The lowest BCUT2D eigenvalue weighted by molar-refractivity contribution is -0.144. The number of likely N-dealkylation sites (tertiary alicyclic amines) is 1. The van der Waals surface area contributed by atoms with Gasteiger partial charge >= 0.3 is 5.97 Å². The normalized spacial score (nSPS) is 18.4. The van der Waals surface area contributed by atoms with Crippen LogP contribution in [0, 0.1) is 5.92 Å². The van der Waals surface area contributed by atoms with Gasteiger partial charge < -0.3 is 15.0 Å². The van der Waals surface area contributed by atoms with Crippen molar-refractivity contribution in [3.63, 3.8) is 0 Å². The van der Waals surface area contributed by atoms with Crippen molar-refractivity contribution in [1.29, 1.82) is 0 Å². The highest BCUT2D eigenvalue weighted by Crippen LogP contribution is 2.07. The molecule has 0 amide bonds. The van der Waals surface area contributed by atoms with Gasteiger partial charge in [-0.25, -0.2) is 0 Å². The van der Waals surface area contributed by atoms with Gasteiger partial charge in [0.25, 0.3) is 0 Å². The third kappa shape index (κ3) is 3.40. The van der Waals surface area contributed by atoms with Crippen LogP contribution in [0.1, 0.15) is 19.8 Å². The molecular formula is C11H21N3O2. The number of nitrogens with one attached hydrogen (secondary N) is 1. The quantitative estimate of drug-likeness (QED) is 0.432. The van der Waals surface area contributed by atoms with Gasteiger partial charge in [0.1, 0.15) is 0 Å². The molecule has 1 fully saturated rings. The Morgan fingerprint density at radius 2 is 2.12 bits per heavy atom. The van der Waals surface area contributed by atoms with Crippen molar-refractivity contribution in [2.75, 3.05) is 33.8 Å². The van der Waals surface area contributed by atoms with Crippen LogP contribution in [-0.4, -0.2) is 50.6 Å². The Balaban J connectivity index is 2.37. The Labute approximate surface area is 96.9 Å². The van der Waals surface area contributed by atoms with Crippen molar-refractivity contribution in [2.24, 2.45) is 10.9 Å². The van der Waals surface area contributed by atoms with Gasteiger partial charge in [0.05, 0.1) is 13.0 Å². The number of hydrogen-bond acceptors (Lipinski definition) is 3. The zero-order valence-corrected chi connectivity index (χ0v) is 10.3. The number of carbonyl (C=O) groups is 1. The maximum absolute atomic E-state index is 11.2. The fourth-order valence-corrected chi connectivity index (χ4v) is 1.79. The molecule has 0 bridgehead atoms. The molecule has 5 heteroatoms. The highest BCUT2D eigenvalue weighted by molar-refractivity contribution is 5.81. The molecule has 1 heterocycles. The number of guanidine groups is 1. The van der Waals surface area contributed by atoms with E-state index in [-0.39, 0.29) is 11.9 Å². The van der Waals surface area contributed by atoms with Crippen molar-refractivity contribution in [3.05, 3.63) is 0 Å². The summed E-state index contributed by atoms with van der Waals surface area (Å²) in [5, 5.41) is 3.20. The van der Waals surface area contributed by atoms with E-state index in [9.17, 15) is 4.79 Å². The number of ether oxygens (including phenoxy) is 1. The first-order chi connectivity index (χ1) is 7.69. The molecule has 1 aliphatic rings. The lowest BCUT2D eigenvalue weighted by Gasteiger charge is -2.21. The van der Waals surface area contributed by atoms with Gasteiger partial charge in [-0.2, -0.15) is 0 Å². The van der Waals surface area contributed by atoms with Gasteiger partial charge in [-0.05, 0) is 12.8 Å². The van der Waals surface area contributed by atoms with Crippen molar-refractivity contribution < 1.29 is 9.53 Å². The Hall–Kier alpha value is -1.26. The van der Waals surface area contributed by atoms with E-state index in [1.54, 1.807) is 7.05 Å². The summed E-state index contributed by atoms with van der Waals surface area (Å²) in [5.41, 5.74) is 0. The molecule has 0 radical (unpaired) electrons. The van der Waals surface area contributed by atoms with E-state index in [1.165, 1.54) is 20.0 Å². The molecule has 0 aromatic heterocycles. The summed E-state index contributed by atoms with van der Waals surface area (Å²) in [6, 6.07) is 0. The molecule has 5 nitrogen and oxygen atoms in total. The van der Waals surface area contributed by atoms with Crippen LogP contribution in [0.4, 0.5) is 0 Å². The summed E-state index contributed by atoms with van der Waals surface area (Å²) < 4.78 is 4.67. The minimum atomic E-state index is -0.190. The zero-order chi connectivity index (χ0) is 12.0. The molecule has 0 aliphatic carbocycles. The lowest BCUT2D eigenvalue weighted by atomic mass is 10.2. The molecule has 1 unspecified atom stereocenters. The van der Waals surface area contributed by atoms with Gasteiger partial charge in [-0.1, -0.05) is 6.92 Å². The molecule has 0 spiro atoms. The van der Waals surface area contributed by atoms with Crippen molar-refractivity contribution >= 4 is 11.9 Å². The van der Waals surface area contributed by atoms with Crippen LogP contribution in [0.2, 0.25) is 0 Å². The number of hydrogen-bond donors (Lipinski definition) is 1. The summed E-state index contributed by atoms with van der Waals surface area (Å²) in [6.45, 7) is 4.50. The summed E-state index contributed by atoms with van der Waals surface area (Å²) in [7, 11) is 3.18. The maximum Gasteiger partial charge on any atom is 0.310 e. The minimum absolute atomic E-state index is 0.149. The number of aliphatic imine (C=N–C) groups is 1. The van der Waals surface area contributed by atoms with Crippen LogP contribution in [-0.2, 0) is 9.53 Å². The van der Waals surface area contributed by atoms with Crippen molar-refractivity contribution in [2.45, 2.75) is 19.8 Å². The zero-order valence-electron chi connectivity index (χ0n) is 10.3. The Morgan fingerprint density at radius 1 is 1.50 bits per heavy atom. The van der Waals surface area contributed by atoms with Crippen LogP contribution in [0.3, 0.4) is 0 Å². The third-order valence-electron chi connectivity index (χ3n) is 2.79. The summed E-state index contributed by atoms with van der Waals surface area (Å²) in [6.07, 6.45) is 2.43. The van der Waals surface area contributed by atoms with Crippen molar-refractivity contribution in [1.82, 2.24) is 10.2 Å². The van der Waals surface area contributed by atoms with Gasteiger partial charge in [0, 0.05) is 26.7 Å². The monoisotopic (exact) mass is 227 g/mol. The second-order valence-electron chi connectivity index (χ2n) is 4.05. The molecule has 0 saturated carbocycles. The smallest absolute Gasteiger partial charge is 0.310 e. The van der Waals surface area contributed by atoms with Gasteiger partial charge in [0.2, 0.25) is 0 Å². The fourth-order valence-electron chi connectivity index (χ4n) is 1.79. The largest absolute Gasteiger partial charge is 0.469 e. The molecule has 1 N–H and O–H groups in total. The first-order valence-corrected chi connectivity index (χ1v) is 5.72. The predicted octanol–water partition coefficient (Wildman–Crippen LogP) is 0.467. The average Bonchev–Trinajstić information content (AvgIpc) is 2.82. The number of nitrogens with zero attached hydrogens (tertiary/aromatic N) is 2. The van der Waals surface area contributed by atoms with E-state index in [2.05, 4.69) is 19.9 Å². The first-order valence-electron chi connectivity index (χ1n) is 5.72. The highest BCUT2D eigenvalue weighted by atomic mass is 16.5. The maximum atomic E-state index is 11.2. The van der Waals surface area contributed by atoms with Crippen LogP contribution < -0.4 is 5.32 Å². The molecule has 1 rings (SSSR count). The van der Waals surface area contributed by atoms with E-state index in [1.807, 2.05) is 6.92 Å². The Kier molecular flexibility index (Phi) is 5.08. The van der Waals surface area contributed by atoms with Gasteiger partial charge in [-0.15, -0.1) is 0 Å². The number of carbonyl (C=O) groups excluding carboxylic acids is 1. The number of rotatable bonds is 3. The molecule has 0 aromatic rings. The molecule has 1 aliphatic heterocycles. The first kappa shape index (κ1) is 12.8. The standard InChI is InChI=1S/C11H21N3O2/c1-9(10(15)16-3)8-13-11(12-2)14-6-4-5-7-14/h9H,4-8H2,1-3H3,(H,12,13). The molecule has 1 atom stereocenters. The molecule has 0 aromatic carbocycles. The van der Waals surface area contributed by atoms with Gasteiger partial charge in [0.15, 0.2) is 5.96 Å². The molecule has 92 valence electrons. The third-order valence-corrected chi connectivity index (χ3v) is 2.79.